The van der Waals surface area contributed by atoms with E-state index in [0.717, 1.165) is 25.1 Å². The number of ether oxygens (including phenoxy) is 2. The molecule has 1 fully saturated rings. The summed E-state index contributed by atoms with van der Waals surface area (Å²) in [5.41, 5.74) is 3.22. The van der Waals surface area contributed by atoms with Crippen LogP contribution in [-0.4, -0.2) is 51.9 Å². The minimum absolute atomic E-state index is 0.0473. The molecular formula is C24H22N2O4S. The lowest BCUT2D eigenvalue weighted by atomic mass is 9.53. The predicted molar refractivity (Wildman–Crippen MR) is 116 cm³/mol. The molecule has 0 unspecified atom stereocenters. The second-order valence-electron chi connectivity index (χ2n) is 9.20. The molecule has 2 aromatic rings. The van der Waals surface area contributed by atoms with Crippen molar-refractivity contribution < 1.29 is 17.9 Å². The summed E-state index contributed by atoms with van der Waals surface area (Å²) in [5.74, 6) is 1.53. The summed E-state index contributed by atoms with van der Waals surface area (Å²) < 4.78 is 39.6. The Balaban J connectivity index is 1.57. The molecule has 2 bridgehead atoms. The smallest absolute Gasteiger partial charge is 0.210 e. The van der Waals surface area contributed by atoms with E-state index < -0.39 is 15.9 Å². The number of nitrogens with zero attached hydrogens (tertiary/aromatic N) is 2. The van der Waals surface area contributed by atoms with E-state index in [1.165, 1.54) is 11.1 Å². The second kappa shape index (κ2) is 5.58. The minimum atomic E-state index is -3.66. The van der Waals surface area contributed by atoms with Gasteiger partial charge < -0.3 is 14.4 Å². The number of fused-ring (bicyclic) bond motifs is 3. The average molecular weight is 435 g/mol. The topological polar surface area (TPSA) is 68.2 Å². The fraction of sp³-hybridized carbons (Fsp3) is 0.375. The van der Waals surface area contributed by atoms with Crippen LogP contribution in [0.15, 0.2) is 57.3 Å². The van der Waals surface area contributed by atoms with Crippen LogP contribution in [0.3, 0.4) is 0 Å². The summed E-state index contributed by atoms with van der Waals surface area (Å²) in [6, 6.07) is 11.4. The quantitative estimate of drug-likeness (QED) is 0.690. The molecule has 1 spiro atoms. The van der Waals surface area contributed by atoms with Crippen LogP contribution >= 0.6 is 0 Å². The van der Waals surface area contributed by atoms with Gasteiger partial charge in [0.25, 0.3) is 0 Å². The van der Waals surface area contributed by atoms with Gasteiger partial charge in [0.15, 0.2) is 17.6 Å². The number of aliphatic imine (C=N–C) groups is 1. The van der Waals surface area contributed by atoms with Crippen LogP contribution in [0.25, 0.3) is 0 Å². The van der Waals surface area contributed by atoms with Crippen molar-refractivity contribution in [2.24, 2.45) is 10.9 Å². The zero-order valence-electron chi connectivity index (χ0n) is 17.3. The average Bonchev–Trinajstić information content (AvgIpc) is 3.12. The lowest BCUT2D eigenvalue weighted by Gasteiger charge is -2.56. The lowest BCUT2D eigenvalue weighted by Crippen LogP contribution is -2.65. The van der Waals surface area contributed by atoms with Crippen molar-refractivity contribution in [1.82, 2.24) is 4.90 Å². The van der Waals surface area contributed by atoms with Gasteiger partial charge in [0.2, 0.25) is 9.84 Å². The molecular weight excluding hydrogens is 412 g/mol. The van der Waals surface area contributed by atoms with Crippen LogP contribution in [0, 0.1) is 5.92 Å². The van der Waals surface area contributed by atoms with Crippen molar-refractivity contribution in [2.45, 2.75) is 35.3 Å². The fourth-order valence-electron chi connectivity index (χ4n) is 6.64. The van der Waals surface area contributed by atoms with Crippen LogP contribution < -0.4 is 9.47 Å². The third-order valence-corrected chi connectivity index (χ3v) is 9.84. The molecule has 2 aromatic carbocycles. The van der Waals surface area contributed by atoms with Gasteiger partial charge in [-0.1, -0.05) is 24.3 Å². The third-order valence-electron chi connectivity index (χ3n) is 8.00. The number of piperidine rings is 1. The third kappa shape index (κ3) is 1.94. The molecule has 3 aliphatic heterocycles. The number of likely N-dealkylation sites (N-methyl/N-ethyl adjacent to an activating group) is 1. The summed E-state index contributed by atoms with van der Waals surface area (Å²) >= 11 is 0. The van der Waals surface area contributed by atoms with Gasteiger partial charge in [-0.25, -0.2) is 13.4 Å². The van der Waals surface area contributed by atoms with Crippen molar-refractivity contribution in [1.29, 1.82) is 0 Å². The zero-order chi connectivity index (χ0) is 21.1. The maximum Gasteiger partial charge on any atom is 0.210 e. The molecule has 31 heavy (non-hydrogen) atoms. The number of likely N-dealkylation sites (tertiary alicyclic amines) is 1. The van der Waals surface area contributed by atoms with Crippen LogP contribution in [0.1, 0.15) is 17.5 Å². The number of hydrogen-bond acceptors (Lipinski definition) is 6. The zero-order valence-corrected chi connectivity index (χ0v) is 18.1. The molecule has 6 nitrogen and oxygen atoms in total. The first-order valence-corrected chi connectivity index (χ1v) is 12.2. The highest BCUT2D eigenvalue weighted by atomic mass is 32.2. The Morgan fingerprint density at radius 1 is 1.23 bits per heavy atom. The predicted octanol–water partition coefficient (Wildman–Crippen LogP) is 3.03. The number of rotatable bonds is 1. The summed E-state index contributed by atoms with van der Waals surface area (Å²) in [4.78, 5) is 7.87. The van der Waals surface area contributed by atoms with E-state index in [1.807, 2.05) is 18.2 Å². The number of sulfone groups is 1. The monoisotopic (exact) mass is 434 g/mol. The Morgan fingerprint density at radius 3 is 2.90 bits per heavy atom. The molecule has 0 aromatic heterocycles. The van der Waals surface area contributed by atoms with Crippen molar-refractivity contribution >= 4 is 21.2 Å². The van der Waals surface area contributed by atoms with E-state index in [1.54, 1.807) is 25.3 Å². The molecule has 4 atom stereocenters. The number of benzene rings is 2. The first-order valence-electron chi connectivity index (χ1n) is 10.7. The highest BCUT2D eigenvalue weighted by Gasteiger charge is 2.66. The van der Waals surface area contributed by atoms with Gasteiger partial charge in [-0.3, -0.25) is 0 Å². The molecule has 1 saturated heterocycles. The van der Waals surface area contributed by atoms with Crippen molar-refractivity contribution in [2.75, 3.05) is 20.7 Å². The molecule has 2 aliphatic carbocycles. The van der Waals surface area contributed by atoms with Gasteiger partial charge in [0.05, 0.1) is 28.0 Å². The molecule has 3 heterocycles. The van der Waals surface area contributed by atoms with Crippen LogP contribution in [-0.2, 0) is 21.7 Å². The van der Waals surface area contributed by atoms with Crippen LogP contribution in [0.5, 0.6) is 11.5 Å². The Bertz CT molecular complexity index is 1350. The Kier molecular flexibility index (Phi) is 3.24. The first-order chi connectivity index (χ1) is 15.0. The molecule has 7 heteroatoms. The van der Waals surface area contributed by atoms with Crippen molar-refractivity contribution in [3.63, 3.8) is 0 Å². The molecule has 0 saturated carbocycles. The standard InChI is InChI=1S/C24H22N2O4S/c1-26-10-9-24-14-12-19-21(25-15-5-3-4-6-18(15)31(19,27)28)23(24)30-22-17(29-2)8-7-13(20(22)24)11-16(14)26/h3-8,12,14,16,23H,9-11H2,1-2H3/t14-,16+,23-,24-/m0/s1. The number of para-hydroxylation sites is 1. The van der Waals surface area contributed by atoms with Crippen LogP contribution in [0.4, 0.5) is 5.69 Å². The largest absolute Gasteiger partial charge is 0.493 e. The van der Waals surface area contributed by atoms with Gasteiger partial charge in [-0.05, 0) is 50.2 Å². The molecule has 0 radical (unpaired) electrons. The maximum atomic E-state index is 13.7. The molecule has 5 aliphatic rings. The normalized spacial score (nSPS) is 33.3. The second-order valence-corrected chi connectivity index (χ2v) is 11.1. The van der Waals surface area contributed by atoms with Gasteiger partial charge in [0.1, 0.15) is 5.71 Å². The summed E-state index contributed by atoms with van der Waals surface area (Å²) in [6.45, 7) is 0.941. The van der Waals surface area contributed by atoms with Crippen molar-refractivity contribution in [3.8, 4) is 11.5 Å². The van der Waals surface area contributed by atoms with Gasteiger partial charge in [0, 0.05) is 17.5 Å². The summed E-state index contributed by atoms with van der Waals surface area (Å²) in [7, 11) is 0.140. The molecule has 7 rings (SSSR count). The molecule has 0 N–H and O–H groups in total. The van der Waals surface area contributed by atoms with E-state index >= 15 is 0 Å². The van der Waals surface area contributed by atoms with E-state index in [4.69, 9.17) is 14.5 Å². The van der Waals surface area contributed by atoms with Crippen molar-refractivity contribution in [3.05, 3.63) is 58.5 Å². The first kappa shape index (κ1) is 18.0. The van der Waals surface area contributed by atoms with E-state index in [0.29, 0.717) is 22.1 Å². The molecule has 0 amide bonds. The van der Waals surface area contributed by atoms with E-state index in [2.05, 4.69) is 18.0 Å². The molecule has 158 valence electrons. The lowest BCUT2D eigenvalue weighted by molar-refractivity contribution is 0.0269. The fourth-order valence-corrected chi connectivity index (χ4v) is 8.27. The number of hydrogen-bond donors (Lipinski definition) is 0. The minimum Gasteiger partial charge on any atom is -0.493 e. The Labute approximate surface area is 181 Å². The van der Waals surface area contributed by atoms with E-state index in [-0.39, 0.29) is 22.3 Å². The highest BCUT2D eigenvalue weighted by Crippen LogP contribution is 2.63. The van der Waals surface area contributed by atoms with E-state index in [9.17, 15) is 8.42 Å². The van der Waals surface area contributed by atoms with Gasteiger partial charge >= 0.3 is 0 Å². The van der Waals surface area contributed by atoms with Crippen LogP contribution in [0.2, 0.25) is 0 Å². The Morgan fingerprint density at radius 2 is 2.06 bits per heavy atom. The van der Waals surface area contributed by atoms with Gasteiger partial charge in [-0.15, -0.1) is 0 Å². The number of methoxy groups -OCH3 is 1. The van der Waals surface area contributed by atoms with Gasteiger partial charge in [-0.2, -0.15) is 0 Å². The Hall–Kier alpha value is -2.64. The summed E-state index contributed by atoms with van der Waals surface area (Å²) in [5, 5.41) is 0. The SMILES string of the molecule is COc1ccc2c3c1O[C@H]1C4=Nc5ccccc5S(=O)(=O)C4=C[C@H]4[C@@H](C2)N(C)CC[C@]314. The maximum absolute atomic E-state index is 13.7. The highest BCUT2D eigenvalue weighted by molar-refractivity contribution is 7.96. The summed E-state index contributed by atoms with van der Waals surface area (Å²) in [6.07, 6.45) is 3.34.